The van der Waals surface area contributed by atoms with Gasteiger partial charge in [-0.1, -0.05) is 18.2 Å². The lowest BCUT2D eigenvalue weighted by molar-refractivity contribution is -0.137. The predicted molar refractivity (Wildman–Crippen MR) is 123 cm³/mol. The Bertz CT molecular complexity index is 1190. The molecule has 0 radical (unpaired) electrons. The van der Waals surface area contributed by atoms with Crippen LogP contribution in [0.25, 0.3) is 11.3 Å². The van der Waals surface area contributed by atoms with Gasteiger partial charge in [-0.15, -0.1) is 0 Å². The highest BCUT2D eigenvalue weighted by atomic mass is 16.6. The highest BCUT2D eigenvalue weighted by Gasteiger charge is 2.25. The van der Waals surface area contributed by atoms with Crippen LogP contribution >= 0.6 is 0 Å². The Kier molecular flexibility index (Phi) is 7.52. The summed E-state index contributed by atoms with van der Waals surface area (Å²) in [5.41, 5.74) is 0.427. The average Bonchev–Trinajstić information content (AvgIpc) is 3.28. The fourth-order valence-corrected chi connectivity index (χ4v) is 2.99. The smallest absolute Gasteiger partial charge is 0.393 e. The van der Waals surface area contributed by atoms with E-state index in [0.717, 1.165) is 0 Å². The molecule has 3 rings (SSSR count). The number of amides is 2. The molecule has 0 saturated carbocycles. The third-order valence-electron chi connectivity index (χ3n) is 4.80. The first-order chi connectivity index (χ1) is 16.2. The number of oxazole rings is 1. The minimum Gasteiger partial charge on any atom is -0.493 e. The van der Waals surface area contributed by atoms with Crippen molar-refractivity contribution >= 4 is 23.5 Å². The minimum atomic E-state index is -1.05. The highest BCUT2D eigenvalue weighted by molar-refractivity contribution is 6.39. The summed E-state index contributed by atoms with van der Waals surface area (Å²) in [7, 11) is 1.44. The van der Waals surface area contributed by atoms with Gasteiger partial charge in [-0.05, 0) is 44.2 Å². The molecule has 2 amide bonds. The molecule has 0 unspecified atom stereocenters. The number of rotatable bonds is 9. The lowest BCUT2D eigenvalue weighted by Gasteiger charge is -2.26. The summed E-state index contributed by atoms with van der Waals surface area (Å²) in [6, 6.07) is 12.9. The summed E-state index contributed by atoms with van der Waals surface area (Å²) in [6.45, 7) is 3.72. The van der Waals surface area contributed by atoms with E-state index in [9.17, 15) is 14.4 Å². The maximum absolute atomic E-state index is 12.4. The van der Waals surface area contributed by atoms with Crippen LogP contribution in [0.1, 0.15) is 30.6 Å². The van der Waals surface area contributed by atoms with Gasteiger partial charge in [0.2, 0.25) is 0 Å². The van der Waals surface area contributed by atoms with E-state index in [1.165, 1.54) is 25.4 Å². The summed E-state index contributed by atoms with van der Waals surface area (Å²) in [5, 5.41) is 14.3. The molecule has 0 fully saturated rings. The monoisotopic (exact) mass is 467 g/mol. The lowest BCUT2D eigenvalue weighted by atomic mass is 10.0. The van der Waals surface area contributed by atoms with Crippen molar-refractivity contribution in [2.75, 3.05) is 19.0 Å². The molecule has 0 atom stereocenters. The van der Waals surface area contributed by atoms with E-state index in [4.69, 9.17) is 19.0 Å². The molecule has 0 bridgehead atoms. The van der Waals surface area contributed by atoms with Crippen molar-refractivity contribution in [2.45, 2.75) is 25.8 Å². The van der Waals surface area contributed by atoms with E-state index in [1.54, 1.807) is 50.2 Å². The second-order valence-electron chi connectivity index (χ2n) is 8.00. The fraction of sp³-hybridized carbons (Fsp3) is 0.250. The predicted octanol–water partition coefficient (Wildman–Crippen LogP) is 3.35. The van der Waals surface area contributed by atoms with Crippen LogP contribution in [0.5, 0.6) is 11.8 Å². The van der Waals surface area contributed by atoms with Crippen LogP contribution in [0, 0.1) is 0 Å². The minimum absolute atomic E-state index is 0.115. The molecular formula is C24H25N3O7. The number of nitrogens with zero attached hydrogens (tertiary/aromatic N) is 1. The zero-order valence-corrected chi connectivity index (χ0v) is 19.0. The molecule has 0 aliphatic carbocycles. The molecule has 178 valence electrons. The molecule has 2 aromatic carbocycles. The van der Waals surface area contributed by atoms with E-state index < -0.39 is 23.3 Å². The summed E-state index contributed by atoms with van der Waals surface area (Å²) in [4.78, 5) is 39.9. The quantitative estimate of drug-likeness (QED) is 0.407. The SMILES string of the molecule is COc1ncc(-c2cccc(NC(=O)C(=O)NC(C)(C)CCOc3cccc(C(=O)O)c3)c2)o1. The van der Waals surface area contributed by atoms with Crippen LogP contribution in [-0.2, 0) is 9.59 Å². The van der Waals surface area contributed by atoms with Crippen LogP contribution < -0.4 is 20.1 Å². The molecule has 1 aromatic heterocycles. The van der Waals surface area contributed by atoms with Gasteiger partial charge in [0.15, 0.2) is 5.76 Å². The number of benzene rings is 2. The average molecular weight is 467 g/mol. The van der Waals surface area contributed by atoms with Crippen LogP contribution in [0.2, 0.25) is 0 Å². The van der Waals surface area contributed by atoms with E-state index in [1.807, 2.05) is 0 Å². The number of nitrogens with one attached hydrogen (secondary N) is 2. The third kappa shape index (κ3) is 6.58. The molecule has 0 spiro atoms. The number of hydrogen-bond donors (Lipinski definition) is 3. The van der Waals surface area contributed by atoms with E-state index >= 15 is 0 Å². The van der Waals surface area contributed by atoms with Crippen LogP contribution in [0.4, 0.5) is 5.69 Å². The van der Waals surface area contributed by atoms with Crippen molar-refractivity contribution in [2.24, 2.45) is 0 Å². The number of methoxy groups -OCH3 is 1. The zero-order chi connectivity index (χ0) is 24.7. The molecule has 3 N–H and O–H groups in total. The first-order valence-electron chi connectivity index (χ1n) is 10.4. The Hall–Kier alpha value is -4.34. The second-order valence-corrected chi connectivity index (χ2v) is 8.00. The molecular weight excluding hydrogens is 442 g/mol. The summed E-state index contributed by atoms with van der Waals surface area (Å²) < 4.78 is 15.9. The van der Waals surface area contributed by atoms with Crippen LogP contribution in [0.15, 0.2) is 59.1 Å². The van der Waals surface area contributed by atoms with Gasteiger partial charge in [-0.2, -0.15) is 4.98 Å². The fourth-order valence-electron chi connectivity index (χ4n) is 2.99. The van der Waals surface area contributed by atoms with Gasteiger partial charge in [0.1, 0.15) is 5.75 Å². The Morgan fingerprint density at radius 2 is 1.85 bits per heavy atom. The summed E-state index contributed by atoms with van der Waals surface area (Å²) in [5.74, 6) is -1.81. The lowest BCUT2D eigenvalue weighted by Crippen LogP contribution is -2.48. The largest absolute Gasteiger partial charge is 0.493 e. The van der Waals surface area contributed by atoms with Crippen molar-refractivity contribution in [1.29, 1.82) is 0 Å². The number of aromatic carboxylic acids is 1. The first-order valence-corrected chi connectivity index (χ1v) is 10.4. The summed E-state index contributed by atoms with van der Waals surface area (Å²) >= 11 is 0. The van der Waals surface area contributed by atoms with Crippen molar-refractivity contribution < 1.29 is 33.4 Å². The number of aromatic nitrogens is 1. The topological polar surface area (TPSA) is 140 Å². The van der Waals surface area contributed by atoms with Gasteiger partial charge in [0, 0.05) is 23.2 Å². The Morgan fingerprint density at radius 3 is 2.56 bits per heavy atom. The molecule has 0 aliphatic heterocycles. The van der Waals surface area contributed by atoms with Gasteiger partial charge >= 0.3 is 23.9 Å². The Morgan fingerprint density at radius 1 is 1.09 bits per heavy atom. The third-order valence-corrected chi connectivity index (χ3v) is 4.80. The van der Waals surface area contributed by atoms with E-state index in [0.29, 0.717) is 29.2 Å². The number of ether oxygens (including phenoxy) is 2. The molecule has 0 aliphatic rings. The number of carboxylic acid groups (broad SMARTS) is 1. The number of hydrogen-bond acceptors (Lipinski definition) is 7. The van der Waals surface area contributed by atoms with Crippen molar-refractivity contribution in [3.05, 3.63) is 60.3 Å². The second kappa shape index (κ2) is 10.5. The normalized spacial score (nSPS) is 10.9. The number of carbonyl (C=O) groups is 3. The summed E-state index contributed by atoms with van der Waals surface area (Å²) in [6.07, 6.45) is 1.99. The number of anilines is 1. The molecule has 3 aromatic rings. The number of carbonyl (C=O) groups excluding carboxylic acids is 2. The van der Waals surface area contributed by atoms with Gasteiger partial charge in [-0.25, -0.2) is 4.79 Å². The Labute approximate surface area is 195 Å². The van der Waals surface area contributed by atoms with Crippen molar-refractivity contribution in [1.82, 2.24) is 10.3 Å². The Balaban J connectivity index is 1.53. The van der Waals surface area contributed by atoms with Crippen LogP contribution in [-0.4, -0.2) is 47.1 Å². The van der Waals surface area contributed by atoms with E-state index in [2.05, 4.69) is 15.6 Å². The zero-order valence-electron chi connectivity index (χ0n) is 19.0. The van der Waals surface area contributed by atoms with Crippen LogP contribution in [0.3, 0.4) is 0 Å². The maximum atomic E-state index is 12.4. The molecule has 0 saturated heterocycles. The molecule has 10 heteroatoms. The van der Waals surface area contributed by atoms with E-state index in [-0.39, 0.29) is 18.2 Å². The number of carboxylic acids is 1. The van der Waals surface area contributed by atoms with Gasteiger partial charge in [0.25, 0.3) is 0 Å². The maximum Gasteiger partial charge on any atom is 0.393 e. The molecule has 34 heavy (non-hydrogen) atoms. The highest BCUT2D eigenvalue weighted by Crippen LogP contribution is 2.25. The van der Waals surface area contributed by atoms with Gasteiger partial charge in [-0.3, -0.25) is 9.59 Å². The van der Waals surface area contributed by atoms with Crippen molar-refractivity contribution in [3.63, 3.8) is 0 Å². The van der Waals surface area contributed by atoms with Gasteiger partial charge < -0.3 is 29.6 Å². The van der Waals surface area contributed by atoms with Gasteiger partial charge in [0.05, 0.1) is 25.5 Å². The van der Waals surface area contributed by atoms with Crippen molar-refractivity contribution in [3.8, 4) is 23.1 Å². The molecule has 10 nitrogen and oxygen atoms in total. The molecule has 1 heterocycles. The standard InChI is InChI=1S/C24H25N3O7/c1-24(2,10-11-33-18-9-5-7-16(13-18)22(30)31)27-21(29)20(28)26-17-8-4-6-15(12-17)19-14-25-23(32-3)34-19/h4-9,12-14H,10-11H2,1-3H3,(H,26,28)(H,27,29)(H,30,31). The first kappa shape index (κ1) is 24.3.